The molecule has 3 saturated heterocycles. The van der Waals surface area contributed by atoms with Gasteiger partial charge in [0.15, 0.2) is 18.9 Å². The highest BCUT2D eigenvalue weighted by molar-refractivity contribution is 5.76. The molecule has 0 radical (unpaired) electrons. The third kappa shape index (κ3) is 30.0. The Morgan fingerprint density at radius 1 is 0.434 bits per heavy atom. The first-order valence-corrected chi connectivity index (χ1v) is 32.4. The number of unbranched alkanes of at least 4 members (excludes halogenated alkanes) is 26. The predicted octanol–water partition coefficient (Wildman–Crippen LogP) is 7.04. The van der Waals surface area contributed by atoms with E-state index >= 15 is 0 Å². The Hall–Kier alpha value is -2.25. The fraction of sp³-hybridized carbons (Fsp3) is 0.859. The van der Waals surface area contributed by atoms with E-state index < -0.39 is 124 Å². The van der Waals surface area contributed by atoms with E-state index in [1.165, 1.54) is 122 Å². The highest BCUT2D eigenvalue weighted by atomic mass is 16.8. The minimum atomic E-state index is -1.98. The lowest BCUT2D eigenvalue weighted by Gasteiger charge is -2.48. The zero-order valence-electron chi connectivity index (χ0n) is 50.7. The summed E-state index contributed by atoms with van der Waals surface area (Å²) in [4.78, 5) is 13.3. The van der Waals surface area contributed by atoms with Crippen LogP contribution >= 0.6 is 0 Å². The van der Waals surface area contributed by atoms with Crippen LogP contribution in [0.3, 0.4) is 0 Å². The quantitative estimate of drug-likeness (QED) is 0.0215. The smallest absolute Gasteiger partial charge is 0.220 e. The molecule has 0 aromatic carbocycles. The lowest BCUT2D eigenvalue weighted by atomic mass is 9.96. The molecular weight excluding hydrogens is 1070 g/mol. The molecule has 3 rings (SSSR count). The largest absolute Gasteiger partial charge is 0.394 e. The number of amides is 1. The van der Waals surface area contributed by atoms with Crippen LogP contribution < -0.4 is 5.32 Å². The lowest BCUT2D eigenvalue weighted by molar-refractivity contribution is -0.379. The minimum Gasteiger partial charge on any atom is -0.394 e. The number of nitrogens with one attached hydrogen (secondary N) is 1. The standard InChI is InChI=1S/C64H115NO18/c1-3-5-7-9-11-13-15-17-19-20-21-22-23-24-25-26-28-29-31-33-35-37-39-41-48(69)47(65-52(70)42-40-38-36-34-32-30-27-18-16-14-12-10-8-6-4-2)46-78-62-58(76)55(73)60(50(44-67)80-62)83-64-59(77)56(74)61(51(45-68)81-64)82-63-57(75)54(72)53(71)49(43-66)79-63/h12,14,18,27,31,33,39,41,47-51,53-64,66-69,71-77H,3-11,13,15-17,19-26,28-30,32,34-38,40,42-46H2,1-2H3,(H,65,70)/b14-12-,27-18-,33-31+,41-39+. The number of carbonyl (C=O) groups is 1. The van der Waals surface area contributed by atoms with E-state index in [2.05, 4.69) is 55.6 Å². The van der Waals surface area contributed by atoms with Crippen molar-refractivity contribution < 1.29 is 89.4 Å². The van der Waals surface area contributed by atoms with E-state index in [0.29, 0.717) is 12.8 Å². The molecule has 0 aromatic heterocycles. The zero-order chi connectivity index (χ0) is 60.5. The van der Waals surface area contributed by atoms with Crippen molar-refractivity contribution in [2.24, 2.45) is 0 Å². The number of aliphatic hydroxyl groups excluding tert-OH is 11. The Kier molecular flexibility index (Phi) is 42.3. The van der Waals surface area contributed by atoms with Gasteiger partial charge in [-0.1, -0.05) is 197 Å². The number of ether oxygens (including phenoxy) is 6. The molecule has 83 heavy (non-hydrogen) atoms. The summed E-state index contributed by atoms with van der Waals surface area (Å²) in [5.41, 5.74) is 0. The Labute approximate surface area is 497 Å². The van der Waals surface area contributed by atoms with Crippen LogP contribution in [0.2, 0.25) is 0 Å². The highest BCUT2D eigenvalue weighted by Crippen LogP contribution is 2.33. The van der Waals surface area contributed by atoms with Gasteiger partial charge in [0.05, 0.1) is 38.6 Å². The minimum absolute atomic E-state index is 0.218. The molecule has 3 heterocycles. The van der Waals surface area contributed by atoms with Crippen LogP contribution in [0.15, 0.2) is 48.6 Å². The van der Waals surface area contributed by atoms with E-state index in [1.807, 2.05) is 6.08 Å². The maximum absolute atomic E-state index is 13.3. The zero-order valence-corrected chi connectivity index (χ0v) is 50.7. The number of allylic oxidation sites excluding steroid dienone is 7. The van der Waals surface area contributed by atoms with Gasteiger partial charge in [0.25, 0.3) is 0 Å². The molecule has 19 nitrogen and oxygen atoms in total. The van der Waals surface area contributed by atoms with E-state index in [1.54, 1.807) is 6.08 Å². The molecule has 3 fully saturated rings. The number of hydrogen-bond donors (Lipinski definition) is 12. The molecule has 17 unspecified atom stereocenters. The second kappa shape index (κ2) is 46.8. The van der Waals surface area contributed by atoms with Gasteiger partial charge in [-0.25, -0.2) is 0 Å². The highest BCUT2D eigenvalue weighted by Gasteiger charge is 2.53. The van der Waals surface area contributed by atoms with Crippen LogP contribution in [0.1, 0.15) is 219 Å². The third-order valence-electron chi connectivity index (χ3n) is 16.1. The Morgan fingerprint density at radius 2 is 0.807 bits per heavy atom. The maximum Gasteiger partial charge on any atom is 0.220 e. The van der Waals surface area contributed by atoms with Gasteiger partial charge in [0.1, 0.15) is 73.2 Å². The van der Waals surface area contributed by atoms with Gasteiger partial charge in [-0.15, -0.1) is 0 Å². The monoisotopic (exact) mass is 1190 g/mol. The molecular formula is C64H115NO18. The van der Waals surface area contributed by atoms with Gasteiger partial charge in [-0.2, -0.15) is 0 Å². The van der Waals surface area contributed by atoms with Crippen molar-refractivity contribution in [3.05, 3.63) is 48.6 Å². The average molecular weight is 1190 g/mol. The van der Waals surface area contributed by atoms with Gasteiger partial charge in [-0.3, -0.25) is 4.79 Å². The topological polar surface area (TPSA) is 307 Å². The van der Waals surface area contributed by atoms with Crippen LogP contribution in [0, 0.1) is 0 Å². The third-order valence-corrected chi connectivity index (χ3v) is 16.1. The number of carbonyl (C=O) groups excluding carboxylic acids is 1. The van der Waals surface area contributed by atoms with Gasteiger partial charge in [0.2, 0.25) is 5.91 Å². The van der Waals surface area contributed by atoms with Gasteiger partial charge in [0, 0.05) is 6.42 Å². The summed E-state index contributed by atoms with van der Waals surface area (Å²) in [6.07, 6.45) is 26.7. The first kappa shape index (κ1) is 75.0. The van der Waals surface area contributed by atoms with E-state index in [-0.39, 0.29) is 18.9 Å². The molecule has 17 atom stereocenters. The van der Waals surface area contributed by atoms with Crippen LogP contribution in [0.25, 0.3) is 0 Å². The SMILES string of the molecule is CCCCC/C=C\C/C=C\CCCCCCCC(=O)NC(COC1OC(CO)C(OC2OC(CO)C(OC3OC(CO)C(O)C(O)C3O)C(O)C2O)C(O)C1O)C(O)/C=C/CC/C=C/CCCCCCCCCCCCCCCCCCC. The second-order valence-corrected chi connectivity index (χ2v) is 23.2. The fourth-order valence-electron chi connectivity index (χ4n) is 10.8. The summed E-state index contributed by atoms with van der Waals surface area (Å²) in [7, 11) is 0. The predicted molar refractivity (Wildman–Crippen MR) is 319 cm³/mol. The lowest BCUT2D eigenvalue weighted by Crippen LogP contribution is -2.66. The molecule has 3 aliphatic heterocycles. The van der Waals surface area contributed by atoms with Crippen molar-refractivity contribution in [2.45, 2.75) is 324 Å². The van der Waals surface area contributed by atoms with Crippen molar-refractivity contribution in [1.29, 1.82) is 0 Å². The van der Waals surface area contributed by atoms with Gasteiger partial charge >= 0.3 is 0 Å². The fourth-order valence-corrected chi connectivity index (χ4v) is 10.8. The maximum atomic E-state index is 13.3. The van der Waals surface area contributed by atoms with Crippen molar-refractivity contribution in [2.75, 3.05) is 26.4 Å². The molecule has 19 heteroatoms. The molecule has 12 N–H and O–H groups in total. The molecule has 0 aliphatic carbocycles. The number of aliphatic hydroxyl groups is 11. The molecule has 1 amide bonds. The van der Waals surface area contributed by atoms with Crippen LogP contribution in [-0.2, 0) is 33.2 Å². The first-order chi connectivity index (χ1) is 40.3. The van der Waals surface area contributed by atoms with Gasteiger partial charge in [-0.05, 0) is 64.2 Å². The van der Waals surface area contributed by atoms with Crippen LogP contribution in [0.5, 0.6) is 0 Å². The number of rotatable bonds is 48. The molecule has 0 bridgehead atoms. The van der Waals surface area contributed by atoms with Crippen LogP contribution in [0.4, 0.5) is 0 Å². The van der Waals surface area contributed by atoms with Crippen LogP contribution in [-0.4, -0.2) is 193 Å². The number of hydrogen-bond acceptors (Lipinski definition) is 18. The summed E-state index contributed by atoms with van der Waals surface area (Å²) in [5, 5.41) is 120. The molecule has 0 aromatic rings. The summed E-state index contributed by atoms with van der Waals surface area (Å²) in [6.45, 7) is 1.67. The average Bonchev–Trinajstić information content (AvgIpc) is 3.15. The molecule has 484 valence electrons. The van der Waals surface area contributed by atoms with E-state index in [4.69, 9.17) is 28.4 Å². The van der Waals surface area contributed by atoms with Crippen molar-refractivity contribution >= 4 is 5.91 Å². The second-order valence-electron chi connectivity index (χ2n) is 23.2. The van der Waals surface area contributed by atoms with Crippen molar-refractivity contribution in [3.8, 4) is 0 Å². The summed E-state index contributed by atoms with van der Waals surface area (Å²) < 4.78 is 34.3. The summed E-state index contributed by atoms with van der Waals surface area (Å²) in [6, 6.07) is -0.998. The van der Waals surface area contributed by atoms with Crippen molar-refractivity contribution in [1.82, 2.24) is 5.32 Å². The normalized spacial score (nSPS) is 29.7. The van der Waals surface area contributed by atoms with E-state index in [0.717, 1.165) is 64.2 Å². The first-order valence-electron chi connectivity index (χ1n) is 32.4. The summed E-state index contributed by atoms with van der Waals surface area (Å²) >= 11 is 0. The van der Waals surface area contributed by atoms with Gasteiger partial charge < -0.3 is 89.9 Å². The Morgan fingerprint density at radius 3 is 1.30 bits per heavy atom. The van der Waals surface area contributed by atoms with Crippen molar-refractivity contribution in [3.63, 3.8) is 0 Å². The summed E-state index contributed by atoms with van der Waals surface area (Å²) in [5.74, 6) is -0.300. The Balaban J connectivity index is 1.49. The molecule has 3 aliphatic rings. The molecule has 0 spiro atoms. The Bertz CT molecular complexity index is 1700. The molecule has 0 saturated carbocycles. The van der Waals surface area contributed by atoms with E-state index in [9.17, 15) is 61.0 Å².